The molecule has 2 aliphatic rings. The predicted molar refractivity (Wildman–Crippen MR) is 135 cm³/mol. The summed E-state index contributed by atoms with van der Waals surface area (Å²) in [6.45, 7) is 0. The Balaban J connectivity index is 1.48. The van der Waals surface area contributed by atoms with E-state index in [0.29, 0.717) is 22.9 Å². The fraction of sp³-hybridized carbons (Fsp3) is 0.0400. The van der Waals surface area contributed by atoms with Crippen LogP contribution in [-0.2, 0) is 9.13 Å². The van der Waals surface area contributed by atoms with Crippen molar-refractivity contribution in [1.29, 1.82) is 0 Å². The van der Waals surface area contributed by atoms with E-state index >= 15 is 0 Å². The van der Waals surface area contributed by atoms with Crippen LogP contribution in [0.4, 0.5) is 11.4 Å². The fourth-order valence-corrected chi connectivity index (χ4v) is 8.69. The highest BCUT2D eigenvalue weighted by Gasteiger charge is 2.45. The second kappa shape index (κ2) is 7.78. The van der Waals surface area contributed by atoms with Crippen LogP contribution in [0.1, 0.15) is 0 Å². The summed E-state index contributed by atoms with van der Waals surface area (Å²) in [5, 5.41) is 2.99. The Bertz CT molecular complexity index is 1470. The molecule has 0 radical (unpaired) electrons. The molecule has 9 heteroatoms. The first-order valence-electron chi connectivity index (χ1n) is 10.7. The summed E-state index contributed by atoms with van der Waals surface area (Å²) >= 11 is 0. The molecule has 4 aromatic rings. The number of hydrogen-bond acceptors (Lipinski definition) is 4. The lowest BCUT2D eigenvalue weighted by atomic mass is 10.0. The van der Waals surface area contributed by atoms with E-state index < -0.39 is 15.3 Å². The van der Waals surface area contributed by atoms with Gasteiger partial charge < -0.3 is 9.05 Å². The van der Waals surface area contributed by atoms with Crippen molar-refractivity contribution in [1.82, 2.24) is 4.86 Å². The van der Waals surface area contributed by atoms with Crippen LogP contribution < -0.4 is 23.7 Å². The molecule has 7 nitrogen and oxygen atoms in total. The van der Waals surface area contributed by atoms with Gasteiger partial charge >= 0.3 is 15.3 Å². The summed E-state index contributed by atoms with van der Waals surface area (Å²) in [4.78, 5) is 2.79. The van der Waals surface area contributed by atoms with Crippen LogP contribution in [0.5, 0.6) is 11.5 Å². The van der Waals surface area contributed by atoms with Crippen molar-refractivity contribution in [3.63, 3.8) is 0 Å². The molecule has 2 unspecified atom stereocenters. The molecule has 0 amide bonds. The molecule has 0 aliphatic carbocycles. The van der Waals surface area contributed by atoms with E-state index in [9.17, 15) is 9.13 Å². The summed E-state index contributed by atoms with van der Waals surface area (Å²) in [5.74, 6) is 0.845. The van der Waals surface area contributed by atoms with Crippen molar-refractivity contribution in [2.45, 2.75) is 0 Å². The quantitative estimate of drug-likeness (QED) is 0.289. The zero-order chi connectivity index (χ0) is 23.3. The van der Waals surface area contributed by atoms with Gasteiger partial charge in [-0.3, -0.25) is 9.76 Å². The lowest BCUT2D eigenvalue weighted by molar-refractivity contribution is 0.458. The minimum absolute atomic E-state index is 0.417. The molecule has 2 heterocycles. The standard InChI is InChI=1S/C25H21N3O4P2/c1-28-23-15-7-3-11-19(23)21-13-5-9-17-25(21)32-34(28,30)27-33(29)26-22-14-6-2-10-18(22)20-12-4-8-16-24(20)31-33/h2-17H,1H3,(H2,26,27,29,30). The molecule has 0 fully saturated rings. The van der Waals surface area contributed by atoms with E-state index in [1.54, 1.807) is 25.2 Å². The van der Waals surface area contributed by atoms with Gasteiger partial charge in [-0.15, -0.1) is 4.86 Å². The largest absolute Gasteiger partial charge is 0.429 e. The second-order valence-corrected chi connectivity index (χ2v) is 12.2. The van der Waals surface area contributed by atoms with Gasteiger partial charge in [0.15, 0.2) is 0 Å². The summed E-state index contributed by atoms with van der Waals surface area (Å²) in [5.41, 5.74) is 4.58. The number of nitrogens with zero attached hydrogens (tertiary/aromatic N) is 1. The van der Waals surface area contributed by atoms with Crippen molar-refractivity contribution < 1.29 is 18.2 Å². The van der Waals surface area contributed by atoms with Gasteiger partial charge in [0.1, 0.15) is 11.5 Å². The van der Waals surface area contributed by atoms with Crippen molar-refractivity contribution in [2.75, 3.05) is 16.8 Å². The van der Waals surface area contributed by atoms with Gasteiger partial charge in [-0.1, -0.05) is 72.8 Å². The van der Waals surface area contributed by atoms with Crippen LogP contribution in [0.15, 0.2) is 97.1 Å². The number of anilines is 2. The maximum Gasteiger partial charge on any atom is 0.429 e. The molecule has 34 heavy (non-hydrogen) atoms. The minimum atomic E-state index is -3.97. The number of fused-ring (bicyclic) bond motifs is 6. The zero-order valence-corrected chi connectivity index (χ0v) is 20.0. The van der Waals surface area contributed by atoms with Crippen LogP contribution in [0.2, 0.25) is 0 Å². The van der Waals surface area contributed by atoms with Crippen molar-refractivity contribution >= 4 is 26.7 Å². The maximum absolute atomic E-state index is 14.4. The average molecular weight is 489 g/mol. The molecule has 6 rings (SSSR count). The Morgan fingerprint density at radius 2 is 1.21 bits per heavy atom. The van der Waals surface area contributed by atoms with Gasteiger partial charge in [-0.05, 0) is 24.3 Å². The molecule has 170 valence electrons. The van der Waals surface area contributed by atoms with E-state index in [-0.39, 0.29) is 0 Å². The fourth-order valence-electron chi connectivity index (χ4n) is 4.29. The Kier molecular flexibility index (Phi) is 4.82. The Labute approximate surface area is 197 Å². The average Bonchev–Trinajstić information content (AvgIpc) is 3.02. The predicted octanol–water partition coefficient (Wildman–Crippen LogP) is 7.16. The first-order valence-corrected chi connectivity index (χ1v) is 13.9. The number of para-hydroxylation sites is 4. The molecular weight excluding hydrogens is 468 g/mol. The highest BCUT2D eigenvalue weighted by atomic mass is 31.2. The monoisotopic (exact) mass is 489 g/mol. The molecule has 4 aromatic carbocycles. The molecule has 0 saturated carbocycles. The van der Waals surface area contributed by atoms with Crippen LogP contribution in [0.25, 0.3) is 22.3 Å². The smallest absolute Gasteiger partial charge is 0.417 e. The normalized spacial score (nSPS) is 22.3. The second-order valence-electron chi connectivity index (χ2n) is 8.04. The maximum atomic E-state index is 14.4. The molecule has 2 aliphatic heterocycles. The van der Waals surface area contributed by atoms with Crippen LogP contribution in [-0.4, -0.2) is 7.05 Å². The Hall–Kier alpha value is -3.50. The lowest BCUT2D eigenvalue weighted by Crippen LogP contribution is -2.29. The summed E-state index contributed by atoms with van der Waals surface area (Å²) in [6, 6.07) is 29.8. The Morgan fingerprint density at radius 1 is 0.676 bits per heavy atom. The van der Waals surface area contributed by atoms with Gasteiger partial charge in [0.25, 0.3) is 0 Å². The van der Waals surface area contributed by atoms with Crippen molar-refractivity contribution in [2.24, 2.45) is 0 Å². The zero-order valence-electron chi connectivity index (χ0n) is 18.2. The number of rotatable bonds is 2. The number of hydrogen-bond donors (Lipinski definition) is 2. The van der Waals surface area contributed by atoms with Gasteiger partial charge in [-0.25, -0.2) is 9.13 Å². The topological polar surface area (TPSA) is 79.9 Å². The molecule has 2 atom stereocenters. The highest BCUT2D eigenvalue weighted by Crippen LogP contribution is 2.63. The molecule has 0 spiro atoms. The SMILES string of the molecule is CN1c2ccccc2-c2ccccc2OP1(=O)NP1(=O)Nc2ccccc2-c2ccccc2O1. The first-order chi connectivity index (χ1) is 16.5. The van der Waals surface area contributed by atoms with Gasteiger partial charge in [0.05, 0.1) is 11.4 Å². The summed E-state index contributed by atoms with van der Waals surface area (Å²) < 4.78 is 42.3. The molecule has 0 saturated heterocycles. The molecule has 2 N–H and O–H groups in total. The van der Waals surface area contributed by atoms with E-state index in [1.807, 2.05) is 78.9 Å². The number of benzene rings is 4. The lowest BCUT2D eigenvalue weighted by Gasteiger charge is -2.31. The summed E-state index contributed by atoms with van der Waals surface area (Å²) in [6.07, 6.45) is 0. The summed E-state index contributed by atoms with van der Waals surface area (Å²) in [7, 11) is -6.27. The van der Waals surface area contributed by atoms with Gasteiger partial charge in [0.2, 0.25) is 0 Å². The van der Waals surface area contributed by atoms with E-state index in [1.165, 1.54) is 4.67 Å². The highest BCUT2D eigenvalue weighted by molar-refractivity contribution is 7.74. The van der Waals surface area contributed by atoms with E-state index in [0.717, 1.165) is 22.3 Å². The van der Waals surface area contributed by atoms with Crippen LogP contribution >= 0.6 is 15.3 Å². The van der Waals surface area contributed by atoms with Crippen molar-refractivity contribution in [3.8, 4) is 33.8 Å². The van der Waals surface area contributed by atoms with Gasteiger partial charge in [0, 0.05) is 29.3 Å². The third-order valence-electron chi connectivity index (χ3n) is 5.90. The molecule has 0 aromatic heterocycles. The van der Waals surface area contributed by atoms with Crippen LogP contribution in [0, 0.1) is 0 Å². The molecular formula is C25H21N3O4P2. The number of nitrogens with one attached hydrogen (secondary N) is 2. The minimum Gasteiger partial charge on any atom is -0.417 e. The first kappa shape index (κ1) is 21.1. The third-order valence-corrected chi connectivity index (χ3v) is 10.4. The molecule has 0 bridgehead atoms. The third kappa shape index (κ3) is 3.41. The van der Waals surface area contributed by atoms with Crippen molar-refractivity contribution in [3.05, 3.63) is 97.1 Å². The van der Waals surface area contributed by atoms with Gasteiger partial charge in [-0.2, -0.15) is 0 Å². The van der Waals surface area contributed by atoms with E-state index in [4.69, 9.17) is 9.05 Å². The Morgan fingerprint density at radius 3 is 1.94 bits per heavy atom. The van der Waals surface area contributed by atoms with E-state index in [2.05, 4.69) is 9.95 Å². The van der Waals surface area contributed by atoms with Crippen LogP contribution in [0.3, 0.4) is 0 Å².